The van der Waals surface area contributed by atoms with E-state index in [9.17, 15) is 0 Å². The highest BCUT2D eigenvalue weighted by atomic mass is 32.2. The summed E-state index contributed by atoms with van der Waals surface area (Å²) >= 11 is 1.46. The number of fused-ring (bicyclic) bond motifs is 1. The van der Waals surface area contributed by atoms with Crippen molar-refractivity contribution in [3.8, 4) is 0 Å². The first-order valence-corrected chi connectivity index (χ1v) is 3.73. The lowest BCUT2D eigenvalue weighted by molar-refractivity contribution is -0.357. The molecular weight excluding hydrogens is 144 g/mol. The van der Waals surface area contributed by atoms with Crippen molar-refractivity contribution in [2.75, 3.05) is 0 Å². The van der Waals surface area contributed by atoms with Gasteiger partial charge in [0, 0.05) is 6.07 Å². The number of hydrogen-bond acceptors (Lipinski definition) is 1. The molecule has 1 aromatic carbocycles. The molecule has 2 nitrogen and oxygen atoms in total. The van der Waals surface area contributed by atoms with Crippen molar-refractivity contribution < 1.29 is 4.68 Å². The molecule has 0 amide bonds. The summed E-state index contributed by atoms with van der Waals surface area (Å²) in [5.41, 5.74) is 1.09. The lowest BCUT2D eigenvalue weighted by atomic mass is 10.3. The van der Waals surface area contributed by atoms with E-state index in [2.05, 4.69) is 11.5 Å². The summed E-state index contributed by atoms with van der Waals surface area (Å²) in [6.45, 7) is 3.72. The minimum Gasteiger partial charge on any atom is -0.372 e. The molecule has 0 saturated carbocycles. The fourth-order valence-electron chi connectivity index (χ4n) is 0.885. The van der Waals surface area contributed by atoms with Gasteiger partial charge in [0.1, 0.15) is 6.72 Å². The second-order valence-corrected chi connectivity index (χ2v) is 2.83. The summed E-state index contributed by atoms with van der Waals surface area (Å²) in [6.07, 6.45) is 0. The zero-order valence-electron chi connectivity index (χ0n) is 5.32. The Balaban J connectivity index is 2.61. The van der Waals surface area contributed by atoms with Gasteiger partial charge >= 0.3 is 0 Å². The minimum atomic E-state index is 1.09. The van der Waals surface area contributed by atoms with Crippen LogP contribution >= 0.6 is 11.9 Å². The van der Waals surface area contributed by atoms with Crippen LogP contribution in [0.2, 0.25) is 0 Å². The summed E-state index contributed by atoms with van der Waals surface area (Å²) in [4.78, 5) is 5.22. The first-order valence-electron chi connectivity index (χ1n) is 2.95. The molecule has 0 spiro atoms. The zero-order chi connectivity index (χ0) is 6.97. The Hall–Kier alpha value is -0.960. The molecule has 0 radical (unpaired) electrons. The Bertz CT molecular complexity index is 283. The van der Waals surface area contributed by atoms with E-state index in [0.717, 1.165) is 5.69 Å². The summed E-state index contributed by atoms with van der Waals surface area (Å²) in [5, 5.41) is 0. The van der Waals surface area contributed by atoms with E-state index in [1.165, 1.54) is 16.8 Å². The van der Waals surface area contributed by atoms with Crippen molar-refractivity contribution >= 4 is 24.4 Å². The van der Waals surface area contributed by atoms with Crippen molar-refractivity contribution in [2.45, 2.75) is 4.90 Å². The Kier molecular flexibility index (Phi) is 1.17. The van der Waals surface area contributed by atoms with E-state index < -0.39 is 0 Å². The largest absolute Gasteiger partial charge is 0.372 e. The average molecular weight is 150 g/mol. The van der Waals surface area contributed by atoms with Crippen LogP contribution < -0.4 is 0 Å². The predicted molar refractivity (Wildman–Crippen MR) is 42.7 cm³/mol. The lowest BCUT2D eigenvalue weighted by Gasteiger charge is -1.98. The van der Waals surface area contributed by atoms with E-state index in [-0.39, 0.29) is 0 Å². The maximum absolute atomic E-state index is 4.04. The SMILES string of the molecule is C=[N+]1[N-]Sc2ccccc21. The molecule has 0 aliphatic carbocycles. The van der Waals surface area contributed by atoms with Crippen molar-refractivity contribution in [2.24, 2.45) is 0 Å². The molecular formula is C7H6N2S. The number of benzene rings is 1. The van der Waals surface area contributed by atoms with E-state index in [4.69, 9.17) is 0 Å². The normalized spacial score (nSPS) is 14.6. The highest BCUT2D eigenvalue weighted by molar-refractivity contribution is 8.01. The first-order chi connectivity index (χ1) is 4.88. The van der Waals surface area contributed by atoms with Gasteiger partial charge in [-0.15, -0.1) is 0 Å². The molecule has 0 saturated heterocycles. The van der Waals surface area contributed by atoms with E-state index in [1.54, 1.807) is 4.68 Å². The third-order valence-electron chi connectivity index (χ3n) is 1.38. The molecule has 10 heavy (non-hydrogen) atoms. The number of rotatable bonds is 0. The molecule has 1 heterocycles. The molecule has 1 aromatic rings. The van der Waals surface area contributed by atoms with Crippen LogP contribution in [0.15, 0.2) is 29.2 Å². The molecule has 50 valence electrons. The smallest absolute Gasteiger partial charge is 0.213 e. The Labute approximate surface area is 63.7 Å². The zero-order valence-corrected chi connectivity index (χ0v) is 6.14. The van der Waals surface area contributed by atoms with Crippen LogP contribution in [-0.2, 0) is 0 Å². The van der Waals surface area contributed by atoms with Crippen LogP contribution in [0.25, 0.3) is 4.83 Å². The summed E-state index contributed by atoms with van der Waals surface area (Å²) in [7, 11) is 0. The molecule has 0 bridgehead atoms. The van der Waals surface area contributed by atoms with Gasteiger partial charge in [-0.2, -0.15) is 11.9 Å². The molecule has 0 atom stereocenters. The van der Waals surface area contributed by atoms with Gasteiger partial charge in [-0.05, 0) is 6.07 Å². The molecule has 3 heteroatoms. The maximum Gasteiger partial charge on any atom is 0.213 e. The van der Waals surface area contributed by atoms with Crippen molar-refractivity contribution in [1.29, 1.82) is 0 Å². The van der Waals surface area contributed by atoms with Crippen molar-refractivity contribution in [3.05, 3.63) is 29.1 Å². The minimum absolute atomic E-state index is 1.09. The van der Waals surface area contributed by atoms with Gasteiger partial charge in [0.05, 0.1) is 4.90 Å². The van der Waals surface area contributed by atoms with Crippen LogP contribution in [0, 0.1) is 0 Å². The second-order valence-electron chi connectivity index (χ2n) is 2.04. The summed E-state index contributed by atoms with van der Waals surface area (Å²) < 4.78 is 1.64. The van der Waals surface area contributed by atoms with Gasteiger partial charge < -0.3 is 4.83 Å². The topological polar surface area (TPSA) is 17.1 Å². The summed E-state index contributed by atoms with van der Waals surface area (Å²) in [5.74, 6) is 0. The number of hydrogen-bond donors (Lipinski definition) is 0. The molecule has 0 N–H and O–H groups in total. The molecule has 1 aliphatic heterocycles. The van der Waals surface area contributed by atoms with Crippen LogP contribution in [0.4, 0.5) is 5.69 Å². The van der Waals surface area contributed by atoms with Gasteiger partial charge in [-0.25, -0.2) is 4.68 Å². The van der Waals surface area contributed by atoms with Gasteiger partial charge in [-0.1, -0.05) is 12.1 Å². The van der Waals surface area contributed by atoms with E-state index in [1.807, 2.05) is 24.3 Å². The van der Waals surface area contributed by atoms with Crippen molar-refractivity contribution in [1.82, 2.24) is 0 Å². The molecule has 1 aliphatic rings. The van der Waals surface area contributed by atoms with Crippen LogP contribution in [-0.4, -0.2) is 11.4 Å². The summed E-state index contributed by atoms with van der Waals surface area (Å²) in [6, 6.07) is 8.03. The maximum atomic E-state index is 4.04. The molecule has 2 rings (SSSR count). The fourth-order valence-corrected chi connectivity index (χ4v) is 1.57. The van der Waals surface area contributed by atoms with Crippen LogP contribution in [0.3, 0.4) is 0 Å². The Morgan fingerprint density at radius 1 is 1.40 bits per heavy atom. The molecule has 0 unspecified atom stereocenters. The quantitative estimate of drug-likeness (QED) is 0.410. The monoisotopic (exact) mass is 150 g/mol. The lowest BCUT2D eigenvalue weighted by Crippen LogP contribution is -1.84. The molecule has 0 fully saturated rings. The Morgan fingerprint density at radius 3 is 3.00 bits per heavy atom. The van der Waals surface area contributed by atoms with Gasteiger partial charge in [0.2, 0.25) is 5.69 Å². The number of para-hydroxylation sites is 1. The van der Waals surface area contributed by atoms with E-state index in [0.29, 0.717) is 0 Å². The van der Waals surface area contributed by atoms with Gasteiger partial charge in [0.15, 0.2) is 0 Å². The Morgan fingerprint density at radius 2 is 2.20 bits per heavy atom. The van der Waals surface area contributed by atoms with Crippen molar-refractivity contribution in [3.63, 3.8) is 0 Å². The standard InChI is InChI=1S/C7H6N2S/c1-9-6-4-2-3-5-7(6)10-8-9/h2-5H,1H2. The average Bonchev–Trinajstić information content (AvgIpc) is 2.34. The highest BCUT2D eigenvalue weighted by Gasteiger charge is 2.11. The van der Waals surface area contributed by atoms with E-state index >= 15 is 0 Å². The third kappa shape index (κ3) is 0.708. The molecule has 0 aromatic heterocycles. The third-order valence-corrected chi connectivity index (χ3v) is 2.20. The van der Waals surface area contributed by atoms with Crippen LogP contribution in [0.5, 0.6) is 0 Å². The highest BCUT2D eigenvalue weighted by Crippen LogP contribution is 2.41. The van der Waals surface area contributed by atoms with Gasteiger partial charge in [-0.3, -0.25) is 0 Å². The fraction of sp³-hybridized carbons (Fsp3) is 0. The number of nitrogens with zero attached hydrogens (tertiary/aromatic N) is 2. The van der Waals surface area contributed by atoms with Crippen LogP contribution in [0.1, 0.15) is 0 Å². The first kappa shape index (κ1) is 5.80. The second kappa shape index (κ2) is 2.02. The predicted octanol–water partition coefficient (Wildman–Crippen LogP) is 2.34. The van der Waals surface area contributed by atoms with Gasteiger partial charge in [0.25, 0.3) is 0 Å².